The van der Waals surface area contributed by atoms with Gasteiger partial charge in [-0.1, -0.05) is 18.2 Å². The van der Waals surface area contributed by atoms with E-state index >= 15 is 0 Å². The summed E-state index contributed by atoms with van der Waals surface area (Å²) >= 11 is 0. The normalized spacial score (nSPS) is 9.52. The lowest BCUT2D eigenvalue weighted by Gasteiger charge is -2.07. The zero-order chi connectivity index (χ0) is 17.1. The molecule has 0 aromatic heterocycles. The molecule has 0 amide bonds. The number of carbonyl (C=O) groups excluding carboxylic acids is 2. The summed E-state index contributed by atoms with van der Waals surface area (Å²) < 4.78 is 38.6. The van der Waals surface area contributed by atoms with Crippen molar-refractivity contribution in [1.29, 1.82) is 0 Å². The molecule has 0 atom stereocenters. The quantitative estimate of drug-likeness (QED) is 0.628. The number of alkyl halides is 3. The summed E-state index contributed by atoms with van der Waals surface area (Å²) in [4.78, 5) is 26.1. The second-order valence-electron chi connectivity index (χ2n) is 3.78. The molecular formula is C15H9F3N2O3. The predicted octanol–water partition coefficient (Wildman–Crippen LogP) is 4.21. The van der Waals surface area contributed by atoms with Crippen molar-refractivity contribution in [3.63, 3.8) is 0 Å². The summed E-state index contributed by atoms with van der Waals surface area (Å²) in [6.07, 6.45) is -1.99. The highest BCUT2D eigenvalue weighted by atomic mass is 19.4. The van der Waals surface area contributed by atoms with Crippen LogP contribution in [0.15, 0.2) is 64.6 Å². The Morgan fingerprint density at radius 3 is 1.70 bits per heavy atom. The molecular weight excluding hydrogens is 313 g/mol. The summed E-state index contributed by atoms with van der Waals surface area (Å²) in [5.74, 6) is -0.359. The fourth-order valence-electron chi connectivity index (χ4n) is 1.33. The van der Waals surface area contributed by atoms with Crippen molar-refractivity contribution in [1.82, 2.24) is 0 Å². The first-order valence-electron chi connectivity index (χ1n) is 6.01. The summed E-state index contributed by atoms with van der Waals surface area (Å²) in [7, 11) is 0. The van der Waals surface area contributed by atoms with Crippen LogP contribution in [0.2, 0.25) is 0 Å². The molecule has 0 aliphatic rings. The number of para-hydroxylation sites is 1. The highest BCUT2D eigenvalue weighted by Crippen LogP contribution is 2.24. The molecule has 0 aliphatic carbocycles. The van der Waals surface area contributed by atoms with E-state index in [9.17, 15) is 22.8 Å². The van der Waals surface area contributed by atoms with Gasteiger partial charge in [0.25, 0.3) is 0 Å². The van der Waals surface area contributed by atoms with E-state index in [0.717, 1.165) is 12.1 Å². The summed E-state index contributed by atoms with van der Waals surface area (Å²) in [5, 5.41) is 0. The highest BCUT2D eigenvalue weighted by molar-refractivity contribution is 5.50. The first kappa shape index (κ1) is 17.8. The molecule has 0 bridgehead atoms. The van der Waals surface area contributed by atoms with E-state index in [2.05, 4.69) is 14.7 Å². The van der Waals surface area contributed by atoms with Crippen LogP contribution >= 0.6 is 0 Å². The number of ether oxygens (including phenoxy) is 1. The largest absolute Gasteiger partial charge is 0.573 e. The number of hydrogen-bond acceptors (Lipinski definition) is 5. The average molecular weight is 322 g/mol. The van der Waals surface area contributed by atoms with Crippen LogP contribution in [0.4, 0.5) is 24.5 Å². The number of halogens is 3. The number of rotatable bonds is 3. The third-order valence-corrected chi connectivity index (χ3v) is 2.18. The molecule has 2 rings (SSSR count). The Morgan fingerprint density at radius 1 is 0.783 bits per heavy atom. The van der Waals surface area contributed by atoms with Gasteiger partial charge in [0.2, 0.25) is 12.2 Å². The number of hydrogen-bond donors (Lipinski definition) is 0. The second kappa shape index (κ2) is 8.94. The van der Waals surface area contributed by atoms with E-state index in [1.54, 1.807) is 12.1 Å². The lowest BCUT2D eigenvalue weighted by Crippen LogP contribution is -2.16. The molecule has 0 N–H and O–H groups in total. The Morgan fingerprint density at radius 2 is 1.26 bits per heavy atom. The van der Waals surface area contributed by atoms with Crippen LogP contribution in [0.1, 0.15) is 0 Å². The van der Waals surface area contributed by atoms with Gasteiger partial charge in [0.15, 0.2) is 0 Å². The van der Waals surface area contributed by atoms with E-state index in [-0.39, 0.29) is 11.4 Å². The number of aliphatic imine (C=N–C) groups is 2. The first-order valence-corrected chi connectivity index (χ1v) is 6.01. The van der Waals surface area contributed by atoms with Crippen LogP contribution in [0.5, 0.6) is 5.75 Å². The van der Waals surface area contributed by atoms with Crippen LogP contribution < -0.4 is 4.74 Å². The van der Waals surface area contributed by atoms with Gasteiger partial charge in [0.05, 0.1) is 11.4 Å². The van der Waals surface area contributed by atoms with Crippen molar-refractivity contribution in [2.45, 2.75) is 6.36 Å². The van der Waals surface area contributed by atoms with Gasteiger partial charge in [-0.3, -0.25) is 0 Å². The van der Waals surface area contributed by atoms with E-state index < -0.39 is 6.36 Å². The maximum atomic E-state index is 11.7. The fourth-order valence-corrected chi connectivity index (χ4v) is 1.33. The van der Waals surface area contributed by atoms with Crippen LogP contribution in [-0.4, -0.2) is 18.5 Å². The standard InChI is InChI=1S/C8H4F3NO2.C7H5NO/c9-8(10,11)14-7-3-1-6(2-4-7)12-5-13;9-6-8-7-4-2-1-3-5-7/h1-4H;1-5H. The minimum absolute atomic E-state index is 0.217. The molecule has 118 valence electrons. The molecule has 0 saturated heterocycles. The van der Waals surface area contributed by atoms with Gasteiger partial charge in [-0.15, -0.1) is 13.2 Å². The molecule has 0 radical (unpaired) electrons. The Hall–Kier alpha value is -3.21. The molecule has 0 aliphatic heterocycles. The van der Waals surface area contributed by atoms with Gasteiger partial charge in [-0.05, 0) is 36.4 Å². The highest BCUT2D eigenvalue weighted by Gasteiger charge is 2.30. The van der Waals surface area contributed by atoms with Crippen LogP contribution in [-0.2, 0) is 9.59 Å². The molecule has 0 saturated carbocycles. The SMILES string of the molecule is O=C=Nc1ccc(OC(F)(F)F)cc1.O=C=Nc1ccccc1. The summed E-state index contributed by atoms with van der Waals surface area (Å²) in [5.41, 5.74) is 0.863. The molecule has 0 fully saturated rings. The Balaban J connectivity index is 0.000000253. The van der Waals surface area contributed by atoms with Gasteiger partial charge in [0.1, 0.15) is 5.75 Å². The molecule has 0 spiro atoms. The zero-order valence-corrected chi connectivity index (χ0v) is 11.4. The lowest BCUT2D eigenvalue weighted by molar-refractivity contribution is -0.274. The van der Waals surface area contributed by atoms with Crippen molar-refractivity contribution in [3.8, 4) is 5.75 Å². The van der Waals surface area contributed by atoms with Gasteiger partial charge < -0.3 is 4.74 Å². The van der Waals surface area contributed by atoms with Crippen LogP contribution in [0.3, 0.4) is 0 Å². The topological polar surface area (TPSA) is 68.1 Å². The number of nitrogens with zero attached hydrogens (tertiary/aromatic N) is 2. The maximum absolute atomic E-state index is 11.7. The van der Waals surface area contributed by atoms with E-state index in [0.29, 0.717) is 5.69 Å². The molecule has 23 heavy (non-hydrogen) atoms. The van der Waals surface area contributed by atoms with Gasteiger partial charge in [-0.2, -0.15) is 9.98 Å². The molecule has 8 heteroatoms. The number of isocyanates is 2. The minimum Gasteiger partial charge on any atom is -0.406 e. The number of benzene rings is 2. The van der Waals surface area contributed by atoms with E-state index in [4.69, 9.17) is 0 Å². The Kier molecular flexibility index (Phi) is 6.94. The van der Waals surface area contributed by atoms with Crippen molar-refractivity contribution >= 4 is 23.5 Å². The zero-order valence-electron chi connectivity index (χ0n) is 11.4. The third-order valence-electron chi connectivity index (χ3n) is 2.18. The molecule has 0 heterocycles. The summed E-state index contributed by atoms with van der Waals surface area (Å²) in [6.45, 7) is 0. The van der Waals surface area contributed by atoms with Crippen molar-refractivity contribution in [2.24, 2.45) is 9.98 Å². The van der Waals surface area contributed by atoms with Crippen molar-refractivity contribution in [3.05, 3.63) is 54.6 Å². The first-order chi connectivity index (χ1) is 10.9. The second-order valence-corrected chi connectivity index (χ2v) is 3.78. The van der Waals surface area contributed by atoms with Gasteiger partial charge in [0, 0.05) is 0 Å². The van der Waals surface area contributed by atoms with Crippen molar-refractivity contribution in [2.75, 3.05) is 0 Å². The van der Waals surface area contributed by atoms with Gasteiger partial charge in [-0.25, -0.2) is 9.59 Å². The van der Waals surface area contributed by atoms with Crippen LogP contribution in [0, 0.1) is 0 Å². The van der Waals surface area contributed by atoms with Gasteiger partial charge >= 0.3 is 6.36 Å². The maximum Gasteiger partial charge on any atom is 0.573 e. The minimum atomic E-state index is -4.71. The Bertz CT molecular complexity index is 703. The fraction of sp³-hybridized carbons (Fsp3) is 0.0667. The lowest BCUT2D eigenvalue weighted by atomic mass is 10.3. The molecule has 2 aromatic rings. The predicted molar refractivity (Wildman–Crippen MR) is 75.1 cm³/mol. The average Bonchev–Trinajstić information content (AvgIpc) is 2.50. The van der Waals surface area contributed by atoms with Crippen LogP contribution in [0.25, 0.3) is 0 Å². The molecule has 2 aromatic carbocycles. The van der Waals surface area contributed by atoms with Crippen molar-refractivity contribution < 1.29 is 27.5 Å². The summed E-state index contributed by atoms with van der Waals surface area (Å²) in [6, 6.07) is 13.5. The third kappa shape index (κ3) is 7.96. The monoisotopic (exact) mass is 322 g/mol. The smallest absolute Gasteiger partial charge is 0.406 e. The van der Waals surface area contributed by atoms with E-state index in [1.165, 1.54) is 24.3 Å². The van der Waals surface area contributed by atoms with E-state index in [1.807, 2.05) is 18.2 Å². The molecule has 0 unspecified atom stereocenters. The Labute approximate surface area is 128 Å². The molecule has 5 nitrogen and oxygen atoms in total.